The first-order valence-corrected chi connectivity index (χ1v) is 13.2. The Morgan fingerprint density at radius 2 is 1.33 bits per heavy atom. The molecule has 0 saturated carbocycles. The number of thiophene rings is 2. The fourth-order valence-electron chi connectivity index (χ4n) is 4.04. The van der Waals surface area contributed by atoms with E-state index in [1.165, 1.54) is 11.3 Å². The molecule has 182 valence electrons. The van der Waals surface area contributed by atoms with Crippen LogP contribution in [0.2, 0.25) is 0 Å². The van der Waals surface area contributed by atoms with Crippen molar-refractivity contribution in [3.05, 3.63) is 89.1 Å². The highest BCUT2D eigenvalue weighted by molar-refractivity contribution is 7.25. The molecule has 5 nitrogen and oxygen atoms in total. The van der Waals surface area contributed by atoms with E-state index < -0.39 is 0 Å². The van der Waals surface area contributed by atoms with Gasteiger partial charge in [0, 0.05) is 37.4 Å². The molecule has 0 amide bonds. The standard InChI is InChI=1S/C29H25NO4S2/c1-4-34-29(31)26-17-25-27(36-26)18-35-28(25)19-5-7-20(8-6-19)30(21-9-13-23(32-2)14-10-21)22-11-15-24(33-3)16-12-22/h5-18H,4H2,1-3H3. The topological polar surface area (TPSA) is 48.0 Å². The van der Waals surface area contributed by atoms with E-state index in [1.54, 1.807) is 25.6 Å². The SMILES string of the molecule is CCOC(=O)c1cc2c(-c3ccc(N(c4ccc(OC)cc4)c4ccc(OC)cc4)cc3)scc2s1. The van der Waals surface area contributed by atoms with Crippen molar-refractivity contribution in [1.29, 1.82) is 0 Å². The number of carbonyl (C=O) groups excluding carboxylic acids is 1. The lowest BCUT2D eigenvalue weighted by atomic mass is 10.1. The highest BCUT2D eigenvalue weighted by atomic mass is 32.1. The summed E-state index contributed by atoms with van der Waals surface area (Å²) in [5.74, 6) is 1.35. The van der Waals surface area contributed by atoms with Crippen LogP contribution < -0.4 is 14.4 Å². The van der Waals surface area contributed by atoms with E-state index in [0.717, 1.165) is 49.1 Å². The molecular formula is C29H25NO4S2. The van der Waals surface area contributed by atoms with Crippen molar-refractivity contribution in [2.45, 2.75) is 6.92 Å². The fraction of sp³-hybridized carbons (Fsp3) is 0.138. The zero-order valence-electron chi connectivity index (χ0n) is 20.2. The number of ether oxygens (including phenoxy) is 3. The molecule has 0 bridgehead atoms. The van der Waals surface area contributed by atoms with Crippen LogP contribution in [0.1, 0.15) is 16.6 Å². The third-order valence-corrected chi connectivity index (χ3v) is 8.07. The molecule has 0 aliphatic rings. The second-order valence-electron chi connectivity index (χ2n) is 7.95. The molecule has 0 unspecified atom stereocenters. The van der Waals surface area contributed by atoms with Gasteiger partial charge < -0.3 is 19.1 Å². The third kappa shape index (κ3) is 4.67. The van der Waals surface area contributed by atoms with Gasteiger partial charge in [0.2, 0.25) is 0 Å². The highest BCUT2D eigenvalue weighted by Crippen LogP contribution is 2.42. The summed E-state index contributed by atoms with van der Waals surface area (Å²) >= 11 is 3.17. The number of hydrogen-bond donors (Lipinski definition) is 0. The van der Waals surface area contributed by atoms with Gasteiger partial charge in [-0.1, -0.05) is 12.1 Å². The summed E-state index contributed by atoms with van der Waals surface area (Å²) in [7, 11) is 3.33. The van der Waals surface area contributed by atoms with Crippen molar-refractivity contribution in [2.75, 3.05) is 25.7 Å². The molecule has 7 heteroatoms. The molecule has 2 heterocycles. The lowest BCUT2D eigenvalue weighted by molar-refractivity contribution is 0.0532. The average molecular weight is 516 g/mol. The van der Waals surface area contributed by atoms with Gasteiger partial charge in [-0.2, -0.15) is 0 Å². The molecule has 0 fully saturated rings. The molecule has 0 saturated heterocycles. The summed E-state index contributed by atoms with van der Waals surface area (Å²) in [6.07, 6.45) is 0. The molecule has 0 aliphatic heterocycles. The first-order chi connectivity index (χ1) is 17.6. The molecule has 0 atom stereocenters. The molecule has 2 aromatic heterocycles. The van der Waals surface area contributed by atoms with Crippen LogP contribution in [0.4, 0.5) is 17.1 Å². The Morgan fingerprint density at radius 3 is 1.83 bits per heavy atom. The van der Waals surface area contributed by atoms with Crippen LogP contribution in [0.3, 0.4) is 0 Å². The van der Waals surface area contributed by atoms with Crippen LogP contribution in [-0.2, 0) is 4.74 Å². The van der Waals surface area contributed by atoms with Gasteiger partial charge in [0.25, 0.3) is 0 Å². The van der Waals surface area contributed by atoms with Gasteiger partial charge in [0.15, 0.2) is 0 Å². The zero-order chi connectivity index (χ0) is 25.1. The van der Waals surface area contributed by atoms with E-state index in [4.69, 9.17) is 14.2 Å². The highest BCUT2D eigenvalue weighted by Gasteiger charge is 2.17. The summed E-state index contributed by atoms with van der Waals surface area (Å²) in [6, 6.07) is 26.4. The summed E-state index contributed by atoms with van der Waals surface area (Å²) in [5, 5.41) is 3.19. The first-order valence-electron chi connectivity index (χ1n) is 11.5. The normalized spacial score (nSPS) is 10.9. The van der Waals surface area contributed by atoms with E-state index in [2.05, 4.69) is 34.5 Å². The number of methoxy groups -OCH3 is 2. The number of fused-ring (bicyclic) bond motifs is 1. The zero-order valence-corrected chi connectivity index (χ0v) is 21.8. The minimum atomic E-state index is -0.264. The summed E-state index contributed by atoms with van der Waals surface area (Å²) in [5.41, 5.74) is 4.17. The summed E-state index contributed by atoms with van der Waals surface area (Å²) in [4.78, 5) is 16.2. The molecule has 0 spiro atoms. The van der Waals surface area contributed by atoms with E-state index in [0.29, 0.717) is 11.5 Å². The van der Waals surface area contributed by atoms with E-state index in [-0.39, 0.29) is 5.97 Å². The molecular weight excluding hydrogens is 490 g/mol. The van der Waals surface area contributed by atoms with Crippen molar-refractivity contribution < 1.29 is 19.0 Å². The first kappa shape index (κ1) is 23.9. The number of esters is 1. The maximum absolute atomic E-state index is 12.2. The smallest absolute Gasteiger partial charge is 0.348 e. The van der Waals surface area contributed by atoms with E-state index in [9.17, 15) is 4.79 Å². The average Bonchev–Trinajstić information content (AvgIpc) is 3.52. The second kappa shape index (κ2) is 10.4. The number of benzene rings is 3. The predicted molar refractivity (Wildman–Crippen MR) is 149 cm³/mol. The molecule has 0 N–H and O–H groups in total. The maximum Gasteiger partial charge on any atom is 0.348 e. The Morgan fingerprint density at radius 1 is 0.806 bits per heavy atom. The van der Waals surface area contributed by atoms with Crippen molar-refractivity contribution >= 4 is 55.8 Å². The number of anilines is 3. The quantitative estimate of drug-likeness (QED) is 0.195. The molecule has 36 heavy (non-hydrogen) atoms. The molecule has 0 radical (unpaired) electrons. The Labute approximate surface area is 218 Å². The van der Waals surface area contributed by atoms with Gasteiger partial charge in [-0.3, -0.25) is 0 Å². The summed E-state index contributed by atoms with van der Waals surface area (Å²) in [6.45, 7) is 2.19. The van der Waals surface area contributed by atoms with Gasteiger partial charge in [-0.05, 0) is 79.2 Å². The number of nitrogens with zero attached hydrogens (tertiary/aromatic N) is 1. The van der Waals surface area contributed by atoms with Crippen LogP contribution >= 0.6 is 22.7 Å². The van der Waals surface area contributed by atoms with Gasteiger partial charge in [-0.25, -0.2) is 4.79 Å². The molecule has 3 aromatic carbocycles. The fourth-order valence-corrected chi connectivity index (χ4v) is 6.19. The van der Waals surface area contributed by atoms with Crippen molar-refractivity contribution in [2.24, 2.45) is 0 Å². The molecule has 0 aliphatic carbocycles. The van der Waals surface area contributed by atoms with E-state index >= 15 is 0 Å². The maximum atomic E-state index is 12.2. The Kier molecular flexibility index (Phi) is 6.93. The minimum absolute atomic E-state index is 0.264. The van der Waals surface area contributed by atoms with Gasteiger partial charge in [0.1, 0.15) is 16.4 Å². The Bertz CT molecular complexity index is 1420. The lowest BCUT2D eigenvalue weighted by Crippen LogP contribution is -2.09. The number of hydrogen-bond acceptors (Lipinski definition) is 7. The number of carbonyl (C=O) groups is 1. The van der Waals surface area contributed by atoms with Gasteiger partial charge in [0.05, 0.1) is 20.8 Å². The van der Waals surface area contributed by atoms with Crippen LogP contribution in [0.25, 0.3) is 20.5 Å². The van der Waals surface area contributed by atoms with Crippen molar-refractivity contribution in [3.63, 3.8) is 0 Å². The van der Waals surface area contributed by atoms with Crippen molar-refractivity contribution in [3.8, 4) is 21.9 Å². The van der Waals surface area contributed by atoms with Crippen LogP contribution in [-0.4, -0.2) is 26.8 Å². The predicted octanol–water partition coefficient (Wildman–Crippen LogP) is 8.29. The van der Waals surface area contributed by atoms with Crippen molar-refractivity contribution in [1.82, 2.24) is 0 Å². The minimum Gasteiger partial charge on any atom is -0.497 e. The largest absolute Gasteiger partial charge is 0.497 e. The Hall–Kier alpha value is -3.81. The molecule has 5 rings (SSSR count). The van der Waals surface area contributed by atoms with Gasteiger partial charge >= 0.3 is 5.97 Å². The van der Waals surface area contributed by atoms with E-state index in [1.807, 2.05) is 61.5 Å². The lowest BCUT2D eigenvalue weighted by Gasteiger charge is -2.26. The van der Waals surface area contributed by atoms with Crippen LogP contribution in [0.5, 0.6) is 11.5 Å². The number of rotatable bonds is 8. The monoisotopic (exact) mass is 515 g/mol. The third-order valence-electron chi connectivity index (χ3n) is 5.81. The van der Waals surface area contributed by atoms with Gasteiger partial charge in [-0.15, -0.1) is 22.7 Å². The second-order valence-corrected chi connectivity index (χ2v) is 9.92. The summed E-state index contributed by atoms with van der Waals surface area (Å²) < 4.78 is 17.0. The van der Waals surface area contributed by atoms with Crippen LogP contribution in [0.15, 0.2) is 84.2 Å². The molecule has 5 aromatic rings. The Balaban J connectivity index is 1.51. The van der Waals surface area contributed by atoms with Crippen LogP contribution in [0, 0.1) is 0 Å².